The third-order valence-corrected chi connectivity index (χ3v) is 5.77. The molecule has 0 fully saturated rings. The van der Waals surface area contributed by atoms with E-state index >= 15 is 0 Å². The molecule has 0 heterocycles. The lowest BCUT2D eigenvalue weighted by atomic mass is 10.1. The Kier molecular flexibility index (Phi) is 7.19. The second-order valence-corrected chi connectivity index (χ2v) is 7.60. The zero-order chi connectivity index (χ0) is 20.6. The molecule has 0 radical (unpaired) electrons. The van der Waals surface area contributed by atoms with Crippen molar-refractivity contribution in [1.82, 2.24) is 5.32 Å². The average Bonchev–Trinajstić information content (AvgIpc) is 2.78. The van der Waals surface area contributed by atoms with Crippen LogP contribution in [0.4, 0.5) is 0 Å². The van der Waals surface area contributed by atoms with E-state index in [4.69, 9.17) is 9.47 Å². The van der Waals surface area contributed by atoms with E-state index in [-0.39, 0.29) is 11.9 Å². The van der Waals surface area contributed by atoms with Crippen molar-refractivity contribution in [3.8, 4) is 11.5 Å². The number of rotatable bonds is 8. The number of methoxy groups -OCH3 is 2. The van der Waals surface area contributed by atoms with E-state index in [9.17, 15) is 4.79 Å². The summed E-state index contributed by atoms with van der Waals surface area (Å²) in [6.45, 7) is 1.96. The molecule has 0 saturated carbocycles. The highest BCUT2D eigenvalue weighted by molar-refractivity contribution is 7.98. The molecule has 3 aromatic carbocycles. The van der Waals surface area contributed by atoms with Crippen LogP contribution < -0.4 is 14.8 Å². The van der Waals surface area contributed by atoms with Gasteiger partial charge in [0.15, 0.2) is 11.5 Å². The Hall–Kier alpha value is -2.92. The monoisotopic (exact) mass is 407 g/mol. The van der Waals surface area contributed by atoms with E-state index in [0.717, 1.165) is 16.2 Å². The van der Waals surface area contributed by atoms with Crippen LogP contribution in [0, 0.1) is 0 Å². The Balaban J connectivity index is 1.72. The number of amides is 1. The number of carbonyl (C=O) groups excluding carboxylic acids is 1. The third kappa shape index (κ3) is 5.33. The quantitative estimate of drug-likeness (QED) is 0.502. The Morgan fingerprint density at radius 2 is 1.62 bits per heavy atom. The molecule has 3 rings (SSSR count). The van der Waals surface area contributed by atoms with E-state index in [1.165, 1.54) is 5.56 Å². The van der Waals surface area contributed by atoms with Crippen LogP contribution >= 0.6 is 11.8 Å². The summed E-state index contributed by atoms with van der Waals surface area (Å²) in [5.41, 5.74) is 2.86. The first-order chi connectivity index (χ1) is 14.1. The van der Waals surface area contributed by atoms with E-state index in [1.807, 2.05) is 67.6 Å². The molecular formula is C24H25NO3S. The van der Waals surface area contributed by atoms with Gasteiger partial charge in [0.25, 0.3) is 5.91 Å². The molecule has 0 bridgehead atoms. The van der Waals surface area contributed by atoms with Crippen molar-refractivity contribution in [2.75, 3.05) is 14.2 Å². The Bertz CT molecular complexity index is 959. The summed E-state index contributed by atoms with van der Waals surface area (Å²) in [6, 6.07) is 23.4. The van der Waals surface area contributed by atoms with Crippen molar-refractivity contribution >= 4 is 17.7 Å². The predicted octanol–water partition coefficient (Wildman–Crippen LogP) is 5.49. The Labute approximate surface area is 176 Å². The SMILES string of the molecule is COc1ccc([C@H](C)NC(=O)c2ccccc2SCc2ccccc2)cc1OC. The van der Waals surface area contributed by atoms with Crippen LogP contribution in [0.15, 0.2) is 77.7 Å². The van der Waals surface area contributed by atoms with E-state index in [0.29, 0.717) is 17.1 Å². The molecule has 1 N–H and O–H groups in total. The van der Waals surface area contributed by atoms with E-state index in [1.54, 1.807) is 26.0 Å². The van der Waals surface area contributed by atoms with Gasteiger partial charge in [0.05, 0.1) is 25.8 Å². The molecule has 3 aromatic rings. The summed E-state index contributed by atoms with van der Waals surface area (Å²) in [6.07, 6.45) is 0. The first-order valence-electron chi connectivity index (χ1n) is 9.41. The molecule has 0 unspecified atom stereocenters. The van der Waals surface area contributed by atoms with Gasteiger partial charge in [0, 0.05) is 10.6 Å². The maximum Gasteiger partial charge on any atom is 0.252 e. The highest BCUT2D eigenvalue weighted by Gasteiger charge is 2.16. The van der Waals surface area contributed by atoms with Crippen LogP contribution in [-0.4, -0.2) is 20.1 Å². The molecule has 4 nitrogen and oxygen atoms in total. The molecule has 0 aliphatic heterocycles. The van der Waals surface area contributed by atoms with Crippen molar-refractivity contribution < 1.29 is 14.3 Å². The number of thioether (sulfide) groups is 1. The summed E-state index contributed by atoms with van der Waals surface area (Å²) in [7, 11) is 3.21. The zero-order valence-electron chi connectivity index (χ0n) is 16.8. The lowest BCUT2D eigenvalue weighted by Crippen LogP contribution is -2.27. The number of ether oxygens (including phenoxy) is 2. The van der Waals surface area contributed by atoms with Crippen molar-refractivity contribution in [3.05, 3.63) is 89.5 Å². The Morgan fingerprint density at radius 3 is 2.34 bits per heavy atom. The van der Waals surface area contributed by atoms with Gasteiger partial charge in [0.2, 0.25) is 0 Å². The van der Waals surface area contributed by atoms with Crippen LogP contribution in [0.3, 0.4) is 0 Å². The fourth-order valence-corrected chi connectivity index (χ4v) is 4.00. The van der Waals surface area contributed by atoms with Crippen molar-refractivity contribution in [2.45, 2.75) is 23.6 Å². The third-order valence-electron chi connectivity index (χ3n) is 4.62. The van der Waals surface area contributed by atoms with Gasteiger partial charge in [-0.3, -0.25) is 4.79 Å². The summed E-state index contributed by atoms with van der Waals surface area (Å²) in [5.74, 6) is 2.03. The van der Waals surface area contributed by atoms with Crippen molar-refractivity contribution in [2.24, 2.45) is 0 Å². The van der Waals surface area contributed by atoms with Gasteiger partial charge >= 0.3 is 0 Å². The number of hydrogen-bond donors (Lipinski definition) is 1. The molecule has 1 atom stereocenters. The maximum absolute atomic E-state index is 13.0. The molecular weight excluding hydrogens is 382 g/mol. The number of hydrogen-bond acceptors (Lipinski definition) is 4. The molecule has 1 amide bonds. The minimum Gasteiger partial charge on any atom is -0.493 e. The number of benzene rings is 3. The summed E-state index contributed by atoms with van der Waals surface area (Å²) in [5, 5.41) is 3.09. The second-order valence-electron chi connectivity index (χ2n) is 6.58. The van der Waals surface area contributed by atoms with Crippen LogP contribution in [0.25, 0.3) is 0 Å². The highest BCUT2D eigenvalue weighted by atomic mass is 32.2. The number of carbonyl (C=O) groups is 1. The molecule has 0 saturated heterocycles. The average molecular weight is 408 g/mol. The van der Waals surface area contributed by atoms with E-state index in [2.05, 4.69) is 17.4 Å². The van der Waals surface area contributed by atoms with Crippen molar-refractivity contribution in [3.63, 3.8) is 0 Å². The molecule has 0 spiro atoms. The maximum atomic E-state index is 13.0. The van der Waals surface area contributed by atoms with Crippen molar-refractivity contribution in [1.29, 1.82) is 0 Å². The second kappa shape index (κ2) is 10.0. The van der Waals surface area contributed by atoms with Gasteiger partial charge < -0.3 is 14.8 Å². The van der Waals surface area contributed by atoms with Crippen LogP contribution in [-0.2, 0) is 5.75 Å². The van der Waals surface area contributed by atoms with Crippen LogP contribution in [0.5, 0.6) is 11.5 Å². The van der Waals surface area contributed by atoms with E-state index < -0.39 is 0 Å². The predicted molar refractivity (Wildman–Crippen MR) is 118 cm³/mol. The number of nitrogens with one attached hydrogen (secondary N) is 1. The zero-order valence-corrected chi connectivity index (χ0v) is 17.7. The minimum atomic E-state index is -0.172. The van der Waals surface area contributed by atoms with Gasteiger partial charge in [0.1, 0.15) is 0 Å². The molecule has 0 aliphatic carbocycles. The minimum absolute atomic E-state index is 0.0940. The lowest BCUT2D eigenvalue weighted by Gasteiger charge is -2.17. The summed E-state index contributed by atoms with van der Waals surface area (Å²) < 4.78 is 10.7. The molecule has 29 heavy (non-hydrogen) atoms. The largest absolute Gasteiger partial charge is 0.493 e. The summed E-state index contributed by atoms with van der Waals surface area (Å²) in [4.78, 5) is 13.9. The van der Waals surface area contributed by atoms with Gasteiger partial charge in [-0.1, -0.05) is 48.5 Å². The topological polar surface area (TPSA) is 47.6 Å². The van der Waals surface area contributed by atoms with Crippen LogP contribution in [0.2, 0.25) is 0 Å². The standard InChI is InChI=1S/C24H25NO3S/c1-17(19-13-14-21(27-2)22(15-19)28-3)25-24(26)20-11-7-8-12-23(20)29-16-18-9-5-4-6-10-18/h4-15,17H,16H2,1-3H3,(H,25,26)/t17-/m0/s1. The van der Waals surface area contributed by atoms with Gasteiger partial charge in [-0.15, -0.1) is 11.8 Å². The fraction of sp³-hybridized carbons (Fsp3) is 0.208. The highest BCUT2D eigenvalue weighted by Crippen LogP contribution is 2.31. The molecule has 5 heteroatoms. The lowest BCUT2D eigenvalue weighted by molar-refractivity contribution is 0.0937. The van der Waals surface area contributed by atoms with Gasteiger partial charge in [-0.05, 0) is 42.3 Å². The fourth-order valence-electron chi connectivity index (χ4n) is 3.00. The molecule has 0 aromatic heterocycles. The molecule has 0 aliphatic rings. The Morgan fingerprint density at radius 1 is 0.931 bits per heavy atom. The molecule has 150 valence electrons. The first-order valence-corrected chi connectivity index (χ1v) is 10.4. The van der Waals surface area contributed by atoms with Gasteiger partial charge in [-0.25, -0.2) is 0 Å². The smallest absolute Gasteiger partial charge is 0.252 e. The normalized spacial score (nSPS) is 11.6. The first kappa shape index (κ1) is 20.8. The summed E-state index contributed by atoms with van der Waals surface area (Å²) >= 11 is 1.67. The van der Waals surface area contributed by atoms with Gasteiger partial charge in [-0.2, -0.15) is 0 Å². The van der Waals surface area contributed by atoms with Crippen LogP contribution in [0.1, 0.15) is 34.5 Å².